The Morgan fingerprint density at radius 2 is 1.60 bits per heavy atom. The van der Waals surface area contributed by atoms with Gasteiger partial charge in [0.05, 0.1) is 5.41 Å². The van der Waals surface area contributed by atoms with Gasteiger partial charge in [0.1, 0.15) is 12.4 Å². The second-order valence-corrected chi connectivity index (χ2v) is 13.2. The number of nitrogens with zero attached hydrogens (tertiary/aromatic N) is 1. The Morgan fingerprint density at radius 3 is 2.29 bits per heavy atom. The van der Waals surface area contributed by atoms with Crippen LogP contribution in [0.2, 0.25) is 0 Å². The van der Waals surface area contributed by atoms with Crippen LogP contribution >= 0.6 is 0 Å². The van der Waals surface area contributed by atoms with Gasteiger partial charge < -0.3 is 25.3 Å². The molecule has 0 saturated heterocycles. The van der Waals surface area contributed by atoms with Crippen LogP contribution < -0.4 is 5.73 Å². The van der Waals surface area contributed by atoms with E-state index in [4.69, 9.17) is 10.5 Å². The van der Waals surface area contributed by atoms with E-state index in [9.17, 15) is 9.18 Å². The lowest BCUT2D eigenvalue weighted by Gasteiger charge is -2.50. The molecular weight excluding hydrogens is 563 g/mol. The molecule has 0 bridgehead atoms. The minimum absolute atomic E-state index is 0.103. The highest BCUT2D eigenvalue weighted by Crippen LogP contribution is 2.54. The molecule has 1 amide bonds. The minimum Gasteiger partial charge on any atom is -0.449 e. The number of nitrogens with one attached hydrogen (secondary N) is 2. The van der Waals surface area contributed by atoms with Gasteiger partial charge in [0.2, 0.25) is 0 Å². The molecule has 3 aromatic carbocycles. The van der Waals surface area contributed by atoms with E-state index in [2.05, 4.69) is 79.2 Å². The van der Waals surface area contributed by atoms with Gasteiger partial charge in [-0.25, -0.2) is 9.18 Å². The highest BCUT2D eigenvalue weighted by Gasteiger charge is 2.49. The number of halogens is 1. The van der Waals surface area contributed by atoms with Gasteiger partial charge in [-0.3, -0.25) is 0 Å². The lowest BCUT2D eigenvalue weighted by molar-refractivity contribution is 0.0641. The van der Waals surface area contributed by atoms with Crippen molar-refractivity contribution in [3.05, 3.63) is 107 Å². The number of rotatable bonds is 10. The van der Waals surface area contributed by atoms with E-state index < -0.39 is 11.5 Å². The molecule has 5 aromatic rings. The summed E-state index contributed by atoms with van der Waals surface area (Å²) < 4.78 is 20.1. The molecule has 1 aliphatic rings. The highest BCUT2D eigenvalue weighted by molar-refractivity contribution is 5.88. The summed E-state index contributed by atoms with van der Waals surface area (Å²) in [5.41, 5.74) is 12.7. The molecule has 45 heavy (non-hydrogen) atoms. The first-order valence-corrected chi connectivity index (χ1v) is 16.2. The maximum absolute atomic E-state index is 14.6. The third-order valence-electron chi connectivity index (χ3n) is 10.6. The summed E-state index contributed by atoms with van der Waals surface area (Å²) in [6, 6.07) is 23.6. The number of primary amides is 1. The number of aromatic amines is 2. The summed E-state index contributed by atoms with van der Waals surface area (Å²) >= 11 is 0. The number of ether oxygens (including phenoxy) is 1. The summed E-state index contributed by atoms with van der Waals surface area (Å²) in [7, 11) is 4.45. The zero-order chi connectivity index (χ0) is 31.8. The SMILES string of the molecule is CCCCC1(N(C)C)CCC(c2[nH]c3ccc(F)cc3c2C)(c2[nH]c3ccccc3c2C(COC(N)=O)c2ccccc2)CC1. The van der Waals surface area contributed by atoms with Crippen LogP contribution in [0, 0.1) is 12.7 Å². The number of hydrogen-bond donors (Lipinski definition) is 3. The normalized spacial score (nSPS) is 21.0. The standard InChI is InChI=1S/C38H45FN4O2/c1-5-6-18-37(43(3)4)19-21-38(22-20-37,34-25(2)29-23-27(39)16-17-32(29)41-34)35-33(28-14-10-11-15-31(28)42-35)30(24-45-36(40)44)26-12-8-7-9-13-26/h7-17,23,30,41-42H,5-6,18-22,24H2,1-4H3,(H2,40,44). The smallest absolute Gasteiger partial charge is 0.404 e. The zero-order valence-electron chi connectivity index (χ0n) is 26.9. The molecule has 2 heterocycles. The molecule has 236 valence electrons. The number of aryl methyl sites for hydroxylation is 1. The van der Waals surface area contributed by atoms with Crippen molar-refractivity contribution in [2.24, 2.45) is 5.73 Å². The molecular formula is C38H45FN4O2. The van der Waals surface area contributed by atoms with Gasteiger partial charge in [-0.05, 0) is 94.1 Å². The Hall–Kier alpha value is -4.10. The Labute approximate surface area is 265 Å². The third-order valence-corrected chi connectivity index (χ3v) is 10.6. The maximum atomic E-state index is 14.6. The number of carbonyl (C=O) groups excluding carboxylic acids is 1. The Balaban J connectivity index is 1.62. The first-order chi connectivity index (χ1) is 21.7. The maximum Gasteiger partial charge on any atom is 0.404 e. The predicted molar refractivity (Wildman–Crippen MR) is 180 cm³/mol. The van der Waals surface area contributed by atoms with Gasteiger partial charge in [-0.2, -0.15) is 0 Å². The van der Waals surface area contributed by atoms with Crippen LogP contribution in [0.15, 0.2) is 72.8 Å². The molecule has 0 aliphatic heterocycles. The molecule has 0 spiro atoms. The number of H-pyrrole nitrogens is 2. The van der Waals surface area contributed by atoms with Crippen LogP contribution in [-0.2, 0) is 10.2 Å². The van der Waals surface area contributed by atoms with Gasteiger partial charge in [0.25, 0.3) is 0 Å². The number of benzene rings is 3. The van der Waals surface area contributed by atoms with Crippen molar-refractivity contribution in [3.8, 4) is 0 Å². The largest absolute Gasteiger partial charge is 0.449 e. The summed E-state index contributed by atoms with van der Waals surface area (Å²) in [4.78, 5) is 22.1. The van der Waals surface area contributed by atoms with Gasteiger partial charge in [0, 0.05) is 44.7 Å². The number of hydrogen-bond acceptors (Lipinski definition) is 3. The Morgan fingerprint density at radius 1 is 0.933 bits per heavy atom. The van der Waals surface area contributed by atoms with Crippen molar-refractivity contribution in [1.82, 2.24) is 14.9 Å². The molecule has 1 atom stereocenters. The number of amides is 1. The summed E-state index contributed by atoms with van der Waals surface area (Å²) in [5.74, 6) is -0.483. The zero-order valence-corrected chi connectivity index (χ0v) is 26.9. The molecule has 1 unspecified atom stereocenters. The molecule has 6 nitrogen and oxygen atoms in total. The third kappa shape index (κ3) is 5.52. The Bertz CT molecular complexity index is 1800. The van der Waals surface area contributed by atoms with Gasteiger partial charge in [-0.1, -0.05) is 68.3 Å². The van der Waals surface area contributed by atoms with Crippen molar-refractivity contribution < 1.29 is 13.9 Å². The van der Waals surface area contributed by atoms with Gasteiger partial charge in [-0.15, -0.1) is 0 Å². The number of para-hydroxylation sites is 1. The molecule has 6 rings (SSSR count). The molecule has 1 fully saturated rings. The van der Waals surface area contributed by atoms with Crippen LogP contribution in [-0.4, -0.2) is 47.2 Å². The van der Waals surface area contributed by atoms with Crippen molar-refractivity contribution in [3.63, 3.8) is 0 Å². The molecule has 1 aliphatic carbocycles. The highest BCUT2D eigenvalue weighted by atomic mass is 19.1. The van der Waals surface area contributed by atoms with Crippen LogP contribution in [0.3, 0.4) is 0 Å². The van der Waals surface area contributed by atoms with Crippen LogP contribution in [0.25, 0.3) is 21.8 Å². The van der Waals surface area contributed by atoms with Crippen LogP contribution in [0.4, 0.5) is 9.18 Å². The van der Waals surface area contributed by atoms with Gasteiger partial charge in [0.15, 0.2) is 0 Å². The van der Waals surface area contributed by atoms with E-state index in [0.717, 1.165) is 88.4 Å². The quantitative estimate of drug-likeness (QED) is 0.148. The second kappa shape index (κ2) is 12.4. The number of nitrogens with two attached hydrogens (primary N) is 1. The number of fused-ring (bicyclic) bond motifs is 2. The number of carbonyl (C=O) groups is 1. The molecule has 2 aromatic heterocycles. The summed E-state index contributed by atoms with van der Waals surface area (Å²) in [6.07, 6.45) is 6.57. The van der Waals surface area contributed by atoms with Crippen LogP contribution in [0.5, 0.6) is 0 Å². The average Bonchev–Trinajstić information content (AvgIpc) is 3.59. The van der Waals surface area contributed by atoms with E-state index in [1.807, 2.05) is 24.3 Å². The fourth-order valence-corrected chi connectivity index (χ4v) is 8.07. The fourth-order valence-electron chi connectivity index (χ4n) is 8.07. The minimum atomic E-state index is -0.787. The summed E-state index contributed by atoms with van der Waals surface area (Å²) in [5, 5.41) is 2.01. The first-order valence-electron chi connectivity index (χ1n) is 16.2. The molecule has 1 saturated carbocycles. The van der Waals surface area contributed by atoms with Crippen molar-refractivity contribution in [2.75, 3.05) is 20.7 Å². The Kier molecular flexibility index (Phi) is 8.49. The van der Waals surface area contributed by atoms with E-state index in [1.54, 1.807) is 6.07 Å². The predicted octanol–water partition coefficient (Wildman–Crippen LogP) is 8.67. The van der Waals surface area contributed by atoms with Crippen molar-refractivity contribution >= 4 is 27.9 Å². The van der Waals surface area contributed by atoms with Crippen LogP contribution in [0.1, 0.15) is 85.9 Å². The van der Waals surface area contributed by atoms with Gasteiger partial charge >= 0.3 is 6.09 Å². The lowest BCUT2D eigenvalue weighted by Crippen LogP contribution is -2.51. The van der Waals surface area contributed by atoms with E-state index >= 15 is 0 Å². The topological polar surface area (TPSA) is 87.1 Å². The second-order valence-electron chi connectivity index (χ2n) is 13.2. The first kappa shape index (κ1) is 30.9. The lowest BCUT2D eigenvalue weighted by atomic mass is 9.61. The molecule has 0 radical (unpaired) electrons. The van der Waals surface area contributed by atoms with E-state index in [-0.39, 0.29) is 23.9 Å². The summed E-state index contributed by atoms with van der Waals surface area (Å²) in [6.45, 7) is 4.50. The van der Waals surface area contributed by atoms with Crippen molar-refractivity contribution in [1.29, 1.82) is 0 Å². The number of aromatic nitrogens is 2. The molecule has 7 heteroatoms. The molecule has 4 N–H and O–H groups in total. The van der Waals surface area contributed by atoms with E-state index in [1.165, 1.54) is 12.5 Å². The average molecular weight is 609 g/mol. The van der Waals surface area contributed by atoms with Crippen molar-refractivity contribution in [2.45, 2.75) is 75.7 Å². The van der Waals surface area contributed by atoms with E-state index in [0.29, 0.717) is 0 Å². The monoisotopic (exact) mass is 608 g/mol. The number of unbranched alkanes of at least 4 members (excludes halogenated alkanes) is 1. The fraction of sp³-hybridized carbons (Fsp3) is 0.395.